The zero-order valence-electron chi connectivity index (χ0n) is 13.0. The number of amides is 1. The van der Waals surface area contributed by atoms with Gasteiger partial charge in [0.25, 0.3) is 5.91 Å². The second-order valence-corrected chi connectivity index (χ2v) is 5.39. The Morgan fingerprint density at radius 3 is 2.33 bits per heavy atom. The molecule has 3 aromatic carbocycles. The van der Waals surface area contributed by atoms with Crippen LogP contribution in [0.3, 0.4) is 0 Å². The van der Waals surface area contributed by atoms with Crippen molar-refractivity contribution in [2.45, 2.75) is 6.54 Å². The van der Waals surface area contributed by atoms with E-state index >= 15 is 0 Å². The van der Waals surface area contributed by atoms with Crippen molar-refractivity contribution < 1.29 is 18.3 Å². The van der Waals surface area contributed by atoms with Crippen molar-refractivity contribution in [1.29, 1.82) is 0 Å². The summed E-state index contributed by atoms with van der Waals surface area (Å²) in [4.78, 5) is 12.0. The van der Waals surface area contributed by atoms with Crippen molar-refractivity contribution in [3.05, 3.63) is 77.4 Å². The fraction of sp³-hybridized carbons (Fsp3) is 0.105. The Labute approximate surface area is 137 Å². The van der Waals surface area contributed by atoms with Crippen LogP contribution in [-0.4, -0.2) is 13.0 Å². The largest absolute Gasteiger partial charge is 0.497 e. The van der Waals surface area contributed by atoms with Crippen LogP contribution in [0.4, 0.5) is 8.78 Å². The SMILES string of the molecule is COc1ccc2cc(CNC(=O)c3cc(F)cc(F)c3)ccc2c1. The molecule has 0 atom stereocenters. The summed E-state index contributed by atoms with van der Waals surface area (Å²) in [5.41, 5.74) is 0.843. The second kappa shape index (κ2) is 6.66. The molecule has 0 fully saturated rings. The van der Waals surface area contributed by atoms with Gasteiger partial charge in [0.1, 0.15) is 17.4 Å². The van der Waals surface area contributed by atoms with Gasteiger partial charge in [0, 0.05) is 18.2 Å². The van der Waals surface area contributed by atoms with E-state index in [2.05, 4.69) is 5.32 Å². The molecule has 1 N–H and O–H groups in total. The molecule has 1 amide bonds. The summed E-state index contributed by atoms with van der Waals surface area (Å²) in [5, 5.41) is 4.70. The lowest BCUT2D eigenvalue weighted by molar-refractivity contribution is 0.0950. The van der Waals surface area contributed by atoms with Crippen molar-refractivity contribution in [3.63, 3.8) is 0 Å². The molecule has 0 aliphatic rings. The molecule has 0 saturated heterocycles. The smallest absolute Gasteiger partial charge is 0.251 e. The fourth-order valence-electron chi connectivity index (χ4n) is 2.48. The molecular weight excluding hydrogens is 312 g/mol. The van der Waals surface area contributed by atoms with Gasteiger partial charge in [0.2, 0.25) is 0 Å². The molecular formula is C19H15F2NO2. The van der Waals surface area contributed by atoms with Crippen LogP contribution in [0.5, 0.6) is 5.75 Å². The lowest BCUT2D eigenvalue weighted by Gasteiger charge is -2.08. The van der Waals surface area contributed by atoms with E-state index in [1.54, 1.807) is 7.11 Å². The quantitative estimate of drug-likeness (QED) is 0.785. The number of benzene rings is 3. The number of rotatable bonds is 4. The van der Waals surface area contributed by atoms with Gasteiger partial charge in [-0.1, -0.05) is 18.2 Å². The molecule has 0 radical (unpaired) electrons. The number of hydrogen-bond acceptors (Lipinski definition) is 2. The molecule has 0 unspecified atom stereocenters. The monoisotopic (exact) mass is 327 g/mol. The van der Waals surface area contributed by atoms with Crippen molar-refractivity contribution in [3.8, 4) is 5.75 Å². The minimum absolute atomic E-state index is 0.0435. The molecule has 0 saturated carbocycles. The van der Waals surface area contributed by atoms with E-state index in [0.29, 0.717) is 0 Å². The molecule has 3 nitrogen and oxygen atoms in total. The Balaban J connectivity index is 1.74. The van der Waals surface area contributed by atoms with Gasteiger partial charge in [-0.15, -0.1) is 0 Å². The summed E-state index contributed by atoms with van der Waals surface area (Å²) in [7, 11) is 1.61. The summed E-state index contributed by atoms with van der Waals surface area (Å²) in [6.07, 6.45) is 0. The number of methoxy groups -OCH3 is 1. The lowest BCUT2D eigenvalue weighted by atomic mass is 10.1. The Morgan fingerprint density at radius 2 is 1.62 bits per heavy atom. The van der Waals surface area contributed by atoms with Crippen LogP contribution in [0.1, 0.15) is 15.9 Å². The van der Waals surface area contributed by atoms with E-state index in [4.69, 9.17) is 4.74 Å². The minimum Gasteiger partial charge on any atom is -0.497 e. The predicted octanol–water partition coefficient (Wildman–Crippen LogP) is 4.06. The van der Waals surface area contributed by atoms with Gasteiger partial charge in [0.15, 0.2) is 0 Å². The van der Waals surface area contributed by atoms with Crippen LogP contribution in [0, 0.1) is 11.6 Å². The van der Waals surface area contributed by atoms with Crippen molar-refractivity contribution in [2.24, 2.45) is 0 Å². The normalized spacial score (nSPS) is 10.6. The number of carbonyl (C=O) groups is 1. The highest BCUT2D eigenvalue weighted by atomic mass is 19.1. The van der Waals surface area contributed by atoms with Crippen LogP contribution in [0.2, 0.25) is 0 Å². The van der Waals surface area contributed by atoms with Crippen LogP contribution in [0.25, 0.3) is 10.8 Å². The van der Waals surface area contributed by atoms with Crippen LogP contribution < -0.4 is 10.1 Å². The van der Waals surface area contributed by atoms with Gasteiger partial charge >= 0.3 is 0 Å². The zero-order chi connectivity index (χ0) is 17.1. The first-order chi connectivity index (χ1) is 11.5. The predicted molar refractivity (Wildman–Crippen MR) is 88.0 cm³/mol. The molecule has 0 aromatic heterocycles. The van der Waals surface area contributed by atoms with E-state index in [1.807, 2.05) is 36.4 Å². The molecule has 122 valence electrons. The summed E-state index contributed by atoms with van der Waals surface area (Å²) in [6, 6.07) is 14.2. The molecule has 0 spiro atoms. The first kappa shape index (κ1) is 15.9. The maximum absolute atomic E-state index is 13.2. The third-order valence-corrected chi connectivity index (χ3v) is 3.69. The Bertz CT molecular complexity index is 889. The van der Waals surface area contributed by atoms with Crippen molar-refractivity contribution in [1.82, 2.24) is 5.32 Å². The lowest BCUT2D eigenvalue weighted by Crippen LogP contribution is -2.23. The zero-order valence-corrected chi connectivity index (χ0v) is 13.0. The molecule has 24 heavy (non-hydrogen) atoms. The Morgan fingerprint density at radius 1 is 0.958 bits per heavy atom. The van der Waals surface area contributed by atoms with E-state index in [1.165, 1.54) is 0 Å². The van der Waals surface area contributed by atoms with Gasteiger partial charge in [-0.05, 0) is 46.7 Å². The number of carbonyl (C=O) groups excluding carboxylic acids is 1. The Kier molecular flexibility index (Phi) is 4.42. The van der Waals surface area contributed by atoms with Gasteiger partial charge in [0.05, 0.1) is 7.11 Å². The van der Waals surface area contributed by atoms with Crippen LogP contribution in [0.15, 0.2) is 54.6 Å². The number of nitrogens with one attached hydrogen (secondary N) is 1. The topological polar surface area (TPSA) is 38.3 Å². The molecule has 5 heteroatoms. The van der Waals surface area contributed by atoms with Gasteiger partial charge in [-0.3, -0.25) is 4.79 Å². The van der Waals surface area contributed by atoms with E-state index in [0.717, 1.165) is 40.3 Å². The fourth-order valence-corrected chi connectivity index (χ4v) is 2.48. The van der Waals surface area contributed by atoms with Crippen molar-refractivity contribution >= 4 is 16.7 Å². The second-order valence-electron chi connectivity index (χ2n) is 5.39. The molecule has 0 aliphatic carbocycles. The third-order valence-electron chi connectivity index (χ3n) is 3.69. The standard InChI is InChI=1S/C19H15F2NO2/c1-24-18-5-4-13-6-12(2-3-14(13)9-18)11-22-19(23)15-7-16(20)10-17(21)8-15/h2-10H,11H2,1H3,(H,22,23). The highest BCUT2D eigenvalue weighted by molar-refractivity contribution is 5.94. The molecule has 3 rings (SSSR count). The molecule has 0 bridgehead atoms. The first-order valence-corrected chi connectivity index (χ1v) is 7.36. The van der Waals surface area contributed by atoms with Gasteiger partial charge in [-0.2, -0.15) is 0 Å². The first-order valence-electron chi connectivity index (χ1n) is 7.36. The number of ether oxygens (including phenoxy) is 1. The highest BCUT2D eigenvalue weighted by Crippen LogP contribution is 2.21. The number of hydrogen-bond donors (Lipinski definition) is 1. The van der Waals surface area contributed by atoms with Crippen LogP contribution >= 0.6 is 0 Å². The average Bonchev–Trinajstić information content (AvgIpc) is 2.58. The molecule has 0 aliphatic heterocycles. The number of fused-ring (bicyclic) bond motifs is 1. The maximum Gasteiger partial charge on any atom is 0.251 e. The van der Waals surface area contributed by atoms with E-state index in [9.17, 15) is 13.6 Å². The third kappa shape index (κ3) is 3.51. The maximum atomic E-state index is 13.2. The average molecular weight is 327 g/mol. The molecule has 0 heterocycles. The van der Waals surface area contributed by atoms with Crippen LogP contribution in [-0.2, 0) is 6.54 Å². The highest BCUT2D eigenvalue weighted by Gasteiger charge is 2.09. The molecule has 3 aromatic rings. The summed E-state index contributed by atoms with van der Waals surface area (Å²) in [5.74, 6) is -1.31. The number of halogens is 2. The Hall–Kier alpha value is -2.95. The van der Waals surface area contributed by atoms with Gasteiger partial charge < -0.3 is 10.1 Å². The van der Waals surface area contributed by atoms with E-state index < -0.39 is 17.5 Å². The van der Waals surface area contributed by atoms with Crippen molar-refractivity contribution in [2.75, 3.05) is 7.11 Å². The minimum atomic E-state index is -0.778. The van der Waals surface area contributed by atoms with Gasteiger partial charge in [-0.25, -0.2) is 8.78 Å². The summed E-state index contributed by atoms with van der Waals surface area (Å²) < 4.78 is 31.5. The van der Waals surface area contributed by atoms with E-state index in [-0.39, 0.29) is 12.1 Å². The summed E-state index contributed by atoms with van der Waals surface area (Å²) >= 11 is 0. The summed E-state index contributed by atoms with van der Waals surface area (Å²) in [6.45, 7) is 0.263.